The average molecular weight is 429 g/mol. The van der Waals surface area contributed by atoms with Crippen molar-refractivity contribution < 1.29 is 0 Å². The van der Waals surface area contributed by atoms with Crippen LogP contribution in [0.25, 0.3) is 0 Å². The maximum absolute atomic E-state index is 2.38. The van der Waals surface area contributed by atoms with E-state index in [-0.39, 0.29) is 9.52 Å². The van der Waals surface area contributed by atoms with Gasteiger partial charge in [0.25, 0.3) is 0 Å². The summed E-state index contributed by atoms with van der Waals surface area (Å²) in [5, 5.41) is 7.86. The fourth-order valence-corrected chi connectivity index (χ4v) is 13.5. The molecule has 0 amide bonds. The zero-order valence-electron chi connectivity index (χ0n) is 16.8. The van der Waals surface area contributed by atoms with Gasteiger partial charge < -0.3 is 0 Å². The summed E-state index contributed by atoms with van der Waals surface area (Å²) >= 11 is 1.90. The predicted octanol–water partition coefficient (Wildman–Crippen LogP) is 3.93. The molecule has 0 bridgehead atoms. The fraction of sp³-hybridized carbons (Fsp3) is 0.154. The Morgan fingerprint density at radius 3 is 1.83 bits per heavy atom. The van der Waals surface area contributed by atoms with Gasteiger partial charge in [0.15, 0.2) is 0 Å². The second kappa shape index (κ2) is 10.5. The normalized spacial score (nSPS) is 12.6. The lowest BCUT2D eigenvalue weighted by molar-refractivity contribution is 0.774. The van der Waals surface area contributed by atoms with Gasteiger partial charge in [-0.15, -0.1) is 11.3 Å². The molecule has 0 N–H and O–H groups in total. The molecule has 1 aromatic heterocycles. The van der Waals surface area contributed by atoms with Gasteiger partial charge in [-0.2, -0.15) is 0 Å². The minimum Gasteiger partial charge on any atom is -0.149 e. The van der Waals surface area contributed by atoms with Crippen LogP contribution >= 0.6 is 11.3 Å². The number of benzene rings is 3. The molecule has 0 aliphatic heterocycles. The second-order valence-corrected chi connectivity index (χ2v) is 15.2. The van der Waals surface area contributed by atoms with Gasteiger partial charge in [0, 0.05) is 4.88 Å². The Bertz CT molecular complexity index is 914. The average Bonchev–Trinajstić information content (AvgIpc) is 3.30. The Morgan fingerprint density at radius 1 is 0.690 bits per heavy atom. The van der Waals surface area contributed by atoms with Crippen molar-refractivity contribution in [3.63, 3.8) is 0 Å². The maximum Gasteiger partial charge on any atom is 0.103 e. The van der Waals surface area contributed by atoms with Gasteiger partial charge >= 0.3 is 0 Å². The quantitative estimate of drug-likeness (QED) is 0.354. The third-order valence-electron chi connectivity index (χ3n) is 5.71. The molecule has 1 heterocycles. The summed E-state index contributed by atoms with van der Waals surface area (Å²) < 4.78 is 0. The summed E-state index contributed by atoms with van der Waals surface area (Å²) in [5.41, 5.74) is 0. The monoisotopic (exact) mass is 428 g/mol. The molecule has 29 heavy (non-hydrogen) atoms. The van der Waals surface area contributed by atoms with Gasteiger partial charge in [0.2, 0.25) is 0 Å². The second-order valence-electron chi connectivity index (χ2n) is 7.72. The standard InChI is InChI=1S/C26H28SSi2/c1-4-14-23(15-5-1)28-26(20-10-12-22-13-11-21-27-22)29(24-16-6-2-7-17-24)25-18-8-3-9-19-25/h1-9,11,13-19,21,26,29H,10,12,20,28H2. The van der Waals surface area contributed by atoms with Crippen LogP contribution in [0.15, 0.2) is 109 Å². The van der Waals surface area contributed by atoms with Gasteiger partial charge in [0.05, 0.1) is 9.52 Å². The molecule has 4 aromatic rings. The zero-order valence-corrected chi connectivity index (χ0v) is 20.2. The first-order valence-corrected chi connectivity index (χ1v) is 14.8. The number of thiophene rings is 1. The maximum atomic E-state index is 2.38. The third kappa shape index (κ3) is 5.66. The highest BCUT2D eigenvalue weighted by Gasteiger charge is 2.27. The van der Waals surface area contributed by atoms with Crippen molar-refractivity contribution in [2.45, 2.75) is 24.4 Å². The van der Waals surface area contributed by atoms with Crippen molar-refractivity contribution in [2.75, 3.05) is 0 Å². The molecule has 0 nitrogen and oxygen atoms in total. The van der Waals surface area contributed by atoms with E-state index in [1.165, 1.54) is 24.1 Å². The SMILES string of the molecule is c1ccc([SiH2]C(CCCc2cccs2)[SiH](c2ccccc2)c2ccccc2)cc1. The number of hydrogen-bond donors (Lipinski definition) is 0. The molecule has 1 atom stereocenters. The van der Waals surface area contributed by atoms with Gasteiger partial charge in [0.1, 0.15) is 8.80 Å². The van der Waals surface area contributed by atoms with E-state index in [4.69, 9.17) is 0 Å². The van der Waals surface area contributed by atoms with Crippen molar-refractivity contribution in [1.82, 2.24) is 0 Å². The summed E-state index contributed by atoms with van der Waals surface area (Å²) in [5.74, 6) is 0. The highest BCUT2D eigenvalue weighted by Crippen LogP contribution is 2.21. The minimum atomic E-state index is -1.28. The highest BCUT2D eigenvalue weighted by atomic mass is 32.1. The van der Waals surface area contributed by atoms with Crippen LogP contribution in [0.3, 0.4) is 0 Å². The first-order valence-electron chi connectivity index (χ1n) is 10.6. The third-order valence-corrected chi connectivity index (χ3v) is 14.1. The Labute approximate surface area is 182 Å². The smallest absolute Gasteiger partial charge is 0.103 e. The van der Waals surface area contributed by atoms with Gasteiger partial charge in [-0.3, -0.25) is 0 Å². The molecule has 4 rings (SSSR count). The van der Waals surface area contributed by atoms with Gasteiger partial charge in [-0.25, -0.2) is 0 Å². The van der Waals surface area contributed by atoms with Crippen LogP contribution in [-0.2, 0) is 6.42 Å². The van der Waals surface area contributed by atoms with Crippen LogP contribution in [0.5, 0.6) is 0 Å². The Balaban J connectivity index is 1.63. The molecule has 0 fully saturated rings. The topological polar surface area (TPSA) is 0 Å². The van der Waals surface area contributed by atoms with Gasteiger partial charge in [-0.05, 0) is 29.5 Å². The molecule has 3 aromatic carbocycles. The zero-order chi connectivity index (χ0) is 19.7. The molecule has 0 radical (unpaired) electrons. The molecular weight excluding hydrogens is 401 g/mol. The van der Waals surface area contributed by atoms with Crippen LogP contribution in [0.2, 0.25) is 5.16 Å². The van der Waals surface area contributed by atoms with Crippen LogP contribution in [-0.4, -0.2) is 18.3 Å². The Hall–Kier alpha value is -2.21. The molecule has 0 saturated heterocycles. The molecule has 0 spiro atoms. The molecule has 1 unspecified atom stereocenters. The van der Waals surface area contributed by atoms with Crippen molar-refractivity contribution in [1.29, 1.82) is 0 Å². The number of rotatable bonds is 9. The van der Waals surface area contributed by atoms with Gasteiger partial charge in [-0.1, -0.05) is 119 Å². The first-order chi connectivity index (χ1) is 14.4. The first kappa shape index (κ1) is 20.1. The molecular formula is C26H28SSi2. The van der Waals surface area contributed by atoms with E-state index < -0.39 is 8.80 Å². The highest BCUT2D eigenvalue weighted by molar-refractivity contribution is 7.09. The summed E-state index contributed by atoms with van der Waals surface area (Å²) in [7, 11) is -1.63. The molecule has 146 valence electrons. The van der Waals surface area contributed by atoms with Crippen molar-refractivity contribution in [3.05, 3.63) is 113 Å². The van der Waals surface area contributed by atoms with Crippen molar-refractivity contribution in [3.8, 4) is 0 Å². The lowest BCUT2D eigenvalue weighted by Crippen LogP contribution is -2.49. The van der Waals surface area contributed by atoms with E-state index in [1.807, 2.05) is 11.3 Å². The molecule has 0 saturated carbocycles. The summed E-state index contributed by atoms with van der Waals surface area (Å²) in [6.07, 6.45) is 3.87. The Kier molecular flexibility index (Phi) is 7.30. The van der Waals surface area contributed by atoms with E-state index in [1.54, 1.807) is 15.6 Å². The summed E-state index contributed by atoms with van der Waals surface area (Å²) in [4.78, 5) is 1.53. The molecule has 0 aliphatic carbocycles. The predicted molar refractivity (Wildman–Crippen MR) is 135 cm³/mol. The van der Waals surface area contributed by atoms with Crippen LogP contribution < -0.4 is 15.6 Å². The fourth-order valence-electron chi connectivity index (χ4n) is 4.35. The molecule has 3 heteroatoms. The van der Waals surface area contributed by atoms with E-state index in [9.17, 15) is 0 Å². The van der Waals surface area contributed by atoms with Crippen LogP contribution in [0.4, 0.5) is 0 Å². The molecule has 0 aliphatic rings. The number of aryl methyl sites for hydroxylation is 1. The van der Waals surface area contributed by atoms with Crippen molar-refractivity contribution >= 4 is 45.2 Å². The van der Waals surface area contributed by atoms with Crippen LogP contribution in [0, 0.1) is 0 Å². The lowest BCUT2D eigenvalue weighted by Gasteiger charge is -2.27. The Morgan fingerprint density at radius 2 is 1.28 bits per heavy atom. The van der Waals surface area contributed by atoms with E-state index in [0.717, 1.165) is 5.16 Å². The lowest BCUT2D eigenvalue weighted by atomic mass is 10.2. The van der Waals surface area contributed by atoms with E-state index in [2.05, 4.69) is 109 Å². The largest absolute Gasteiger partial charge is 0.149 e. The van der Waals surface area contributed by atoms with E-state index >= 15 is 0 Å². The van der Waals surface area contributed by atoms with E-state index in [0.29, 0.717) is 0 Å². The summed E-state index contributed by atoms with van der Waals surface area (Å²) in [6.45, 7) is 0. The number of hydrogen-bond acceptors (Lipinski definition) is 1. The van der Waals surface area contributed by atoms with Crippen LogP contribution in [0.1, 0.15) is 17.7 Å². The minimum absolute atomic E-state index is 0.354. The van der Waals surface area contributed by atoms with Crippen molar-refractivity contribution in [2.24, 2.45) is 0 Å². The summed E-state index contributed by atoms with van der Waals surface area (Å²) in [6, 6.07) is 38.5.